The number of carbonyl (C=O) groups is 1. The summed E-state index contributed by atoms with van der Waals surface area (Å²) in [5, 5.41) is 13.0. The van der Waals surface area contributed by atoms with Gasteiger partial charge in [-0.25, -0.2) is 4.79 Å². The van der Waals surface area contributed by atoms with Crippen LogP contribution >= 0.6 is 15.9 Å². The van der Waals surface area contributed by atoms with E-state index < -0.39 is 5.97 Å². The molecule has 0 radical (unpaired) electrons. The van der Waals surface area contributed by atoms with Gasteiger partial charge in [0.05, 0.1) is 23.9 Å². The largest absolute Gasteiger partial charge is 0.496 e. The maximum absolute atomic E-state index is 11.0. The Hall–Kier alpha value is -1.86. The van der Waals surface area contributed by atoms with Crippen LogP contribution in [0.2, 0.25) is 0 Å². The fourth-order valence-corrected chi connectivity index (χ4v) is 2.59. The van der Waals surface area contributed by atoms with Crippen LogP contribution in [0.15, 0.2) is 22.7 Å². The molecule has 21 heavy (non-hydrogen) atoms. The van der Waals surface area contributed by atoms with E-state index in [9.17, 15) is 4.79 Å². The predicted octanol–water partition coefficient (Wildman–Crippen LogP) is 2.70. The fraction of sp³-hybridized carbons (Fsp3) is 0.286. The molecule has 0 spiro atoms. The van der Waals surface area contributed by atoms with Crippen molar-refractivity contribution < 1.29 is 19.4 Å². The Labute approximate surface area is 130 Å². The number of hydrogen-bond acceptors (Lipinski definition) is 4. The van der Waals surface area contributed by atoms with Gasteiger partial charge < -0.3 is 14.6 Å². The number of carboxylic acids is 1. The van der Waals surface area contributed by atoms with Gasteiger partial charge in [-0.05, 0) is 39.7 Å². The predicted molar refractivity (Wildman–Crippen MR) is 80.6 cm³/mol. The highest BCUT2D eigenvalue weighted by Crippen LogP contribution is 2.34. The lowest BCUT2D eigenvalue weighted by molar-refractivity contribution is 0.0689. The van der Waals surface area contributed by atoms with E-state index in [4.69, 9.17) is 14.6 Å². The monoisotopic (exact) mass is 354 g/mol. The highest BCUT2D eigenvalue weighted by atomic mass is 79.9. The van der Waals surface area contributed by atoms with Gasteiger partial charge in [-0.2, -0.15) is 5.10 Å². The summed E-state index contributed by atoms with van der Waals surface area (Å²) in [4.78, 5) is 11.0. The summed E-state index contributed by atoms with van der Waals surface area (Å²) >= 11 is 3.44. The Bertz CT molecular complexity index is 682. The van der Waals surface area contributed by atoms with Crippen LogP contribution in [-0.4, -0.2) is 35.1 Å². The summed E-state index contributed by atoms with van der Waals surface area (Å²) < 4.78 is 12.8. The number of carboxylic acid groups (broad SMARTS) is 1. The van der Waals surface area contributed by atoms with Crippen molar-refractivity contribution in [1.82, 2.24) is 9.78 Å². The summed E-state index contributed by atoms with van der Waals surface area (Å²) in [7, 11) is 4.89. The first-order valence-electron chi connectivity index (χ1n) is 6.11. The lowest BCUT2D eigenvalue weighted by Crippen LogP contribution is -2.01. The Morgan fingerprint density at radius 2 is 2.10 bits per heavy atom. The van der Waals surface area contributed by atoms with Crippen LogP contribution in [-0.2, 0) is 18.4 Å². The molecule has 0 aliphatic rings. The molecule has 1 aromatic heterocycles. The molecular weight excluding hydrogens is 340 g/mol. The quantitative estimate of drug-likeness (QED) is 0.893. The van der Waals surface area contributed by atoms with Crippen molar-refractivity contribution in [3.8, 4) is 17.0 Å². The van der Waals surface area contributed by atoms with Gasteiger partial charge in [0, 0.05) is 19.7 Å². The topological polar surface area (TPSA) is 73.6 Å². The molecule has 0 saturated heterocycles. The fourth-order valence-electron chi connectivity index (χ4n) is 2.09. The third-order valence-electron chi connectivity index (χ3n) is 3.05. The third-order valence-corrected chi connectivity index (χ3v) is 3.67. The van der Waals surface area contributed by atoms with E-state index in [1.54, 1.807) is 21.3 Å². The average Bonchev–Trinajstić information content (AvgIpc) is 2.83. The lowest BCUT2D eigenvalue weighted by Gasteiger charge is -2.13. The number of methoxy groups -OCH3 is 2. The van der Waals surface area contributed by atoms with E-state index in [1.807, 2.05) is 12.1 Å². The number of nitrogens with zero attached hydrogens (tertiary/aromatic N) is 2. The lowest BCUT2D eigenvalue weighted by atomic mass is 10.0. The number of halogens is 1. The van der Waals surface area contributed by atoms with Gasteiger partial charge in [0.15, 0.2) is 5.69 Å². The van der Waals surface area contributed by atoms with Crippen molar-refractivity contribution in [2.24, 2.45) is 7.05 Å². The Morgan fingerprint density at radius 1 is 1.38 bits per heavy atom. The molecule has 2 rings (SSSR count). The van der Waals surface area contributed by atoms with E-state index in [2.05, 4.69) is 21.0 Å². The molecule has 0 amide bonds. The van der Waals surface area contributed by atoms with Crippen LogP contribution in [0.5, 0.6) is 5.75 Å². The van der Waals surface area contributed by atoms with E-state index in [1.165, 1.54) is 10.7 Å². The average molecular weight is 355 g/mol. The molecule has 0 fully saturated rings. The summed E-state index contributed by atoms with van der Waals surface area (Å²) in [5.74, 6) is -0.371. The Balaban J connectivity index is 2.61. The maximum atomic E-state index is 11.0. The van der Waals surface area contributed by atoms with E-state index in [-0.39, 0.29) is 5.69 Å². The van der Waals surface area contributed by atoms with Crippen molar-refractivity contribution in [1.29, 1.82) is 0 Å². The highest BCUT2D eigenvalue weighted by Gasteiger charge is 2.17. The molecule has 0 unspecified atom stereocenters. The van der Waals surface area contributed by atoms with Crippen LogP contribution in [0, 0.1) is 0 Å². The van der Waals surface area contributed by atoms with E-state index in [0.717, 1.165) is 15.6 Å². The van der Waals surface area contributed by atoms with Crippen molar-refractivity contribution in [2.75, 3.05) is 14.2 Å². The minimum absolute atomic E-state index is 0.00260. The molecule has 1 N–H and O–H groups in total. The number of benzene rings is 1. The number of hydrogen-bond donors (Lipinski definition) is 1. The number of ether oxygens (including phenoxy) is 2. The number of rotatable bonds is 5. The molecule has 1 heterocycles. The zero-order chi connectivity index (χ0) is 15.6. The molecule has 6 nitrogen and oxygen atoms in total. The molecule has 0 aliphatic carbocycles. The number of aromatic carboxylic acids is 1. The maximum Gasteiger partial charge on any atom is 0.356 e. The van der Waals surface area contributed by atoms with Gasteiger partial charge in [0.1, 0.15) is 5.75 Å². The zero-order valence-electron chi connectivity index (χ0n) is 11.9. The zero-order valence-corrected chi connectivity index (χ0v) is 13.5. The van der Waals surface area contributed by atoms with E-state index in [0.29, 0.717) is 18.1 Å². The van der Waals surface area contributed by atoms with Crippen molar-refractivity contribution in [3.63, 3.8) is 0 Å². The molecule has 7 heteroatoms. The third kappa shape index (κ3) is 3.08. The smallest absolute Gasteiger partial charge is 0.356 e. The molecule has 2 aromatic rings. The second-order valence-electron chi connectivity index (χ2n) is 4.42. The molecule has 0 bridgehead atoms. The normalized spacial score (nSPS) is 10.7. The first-order valence-corrected chi connectivity index (χ1v) is 6.90. The number of aryl methyl sites for hydroxylation is 1. The number of aromatic nitrogens is 2. The summed E-state index contributed by atoms with van der Waals surface area (Å²) in [6.07, 6.45) is 0. The van der Waals surface area contributed by atoms with Crippen LogP contribution in [0.3, 0.4) is 0 Å². The van der Waals surface area contributed by atoms with Gasteiger partial charge in [-0.15, -0.1) is 0 Å². The minimum Gasteiger partial charge on any atom is -0.496 e. The second-order valence-corrected chi connectivity index (χ2v) is 5.27. The molecule has 0 saturated carbocycles. The SMILES string of the molecule is COCc1cc(OC)c(Br)cc1-c1cc(C(=O)O)nn1C. The summed E-state index contributed by atoms with van der Waals surface area (Å²) in [6, 6.07) is 5.27. The minimum atomic E-state index is -1.06. The van der Waals surface area contributed by atoms with Crippen molar-refractivity contribution >= 4 is 21.9 Å². The Morgan fingerprint density at radius 3 is 2.62 bits per heavy atom. The van der Waals surface area contributed by atoms with E-state index >= 15 is 0 Å². The van der Waals surface area contributed by atoms with Crippen LogP contribution in [0.1, 0.15) is 16.1 Å². The molecular formula is C14H15BrN2O4. The molecule has 0 atom stereocenters. The van der Waals surface area contributed by atoms with Gasteiger partial charge >= 0.3 is 5.97 Å². The van der Waals surface area contributed by atoms with Crippen molar-refractivity contribution in [3.05, 3.63) is 33.9 Å². The van der Waals surface area contributed by atoms with Gasteiger partial charge in [0.2, 0.25) is 0 Å². The standard InChI is InChI=1S/C14H15BrN2O4/c1-17-12(6-11(16-17)14(18)19)9-5-10(15)13(21-3)4-8(9)7-20-2/h4-6H,7H2,1-3H3,(H,18,19). The second kappa shape index (κ2) is 6.28. The first kappa shape index (κ1) is 15.5. The van der Waals surface area contributed by atoms with Crippen LogP contribution in [0.4, 0.5) is 0 Å². The van der Waals surface area contributed by atoms with Gasteiger partial charge in [-0.1, -0.05) is 0 Å². The van der Waals surface area contributed by atoms with Crippen molar-refractivity contribution in [2.45, 2.75) is 6.61 Å². The highest BCUT2D eigenvalue weighted by molar-refractivity contribution is 9.10. The van der Waals surface area contributed by atoms with Gasteiger partial charge in [-0.3, -0.25) is 4.68 Å². The van der Waals surface area contributed by atoms with Crippen LogP contribution < -0.4 is 4.74 Å². The Kier molecular flexibility index (Phi) is 4.64. The molecule has 112 valence electrons. The molecule has 1 aromatic carbocycles. The van der Waals surface area contributed by atoms with Crippen LogP contribution in [0.25, 0.3) is 11.3 Å². The summed E-state index contributed by atoms with van der Waals surface area (Å²) in [5.41, 5.74) is 2.43. The first-order chi connectivity index (χ1) is 9.97. The van der Waals surface area contributed by atoms with Gasteiger partial charge in [0.25, 0.3) is 0 Å². The summed E-state index contributed by atoms with van der Waals surface area (Å²) in [6.45, 7) is 0.382. The molecule has 0 aliphatic heterocycles.